The first-order chi connectivity index (χ1) is 16.0. The van der Waals surface area contributed by atoms with Crippen LogP contribution in [0.4, 0.5) is 5.69 Å². The van der Waals surface area contributed by atoms with Gasteiger partial charge >= 0.3 is 0 Å². The Balaban J connectivity index is 1.23. The van der Waals surface area contributed by atoms with Crippen LogP contribution in [0.3, 0.4) is 0 Å². The van der Waals surface area contributed by atoms with Gasteiger partial charge in [-0.15, -0.1) is 11.3 Å². The summed E-state index contributed by atoms with van der Waals surface area (Å²) in [6.07, 6.45) is 0. The Morgan fingerprint density at radius 2 is 1.82 bits per heavy atom. The first-order valence-corrected chi connectivity index (χ1v) is 11.4. The highest BCUT2D eigenvalue weighted by Gasteiger charge is 2.13. The quantitative estimate of drug-likeness (QED) is 0.300. The number of thiazole rings is 1. The number of rotatable bonds is 6. The molecule has 5 rings (SSSR count). The van der Waals surface area contributed by atoms with Gasteiger partial charge in [0.2, 0.25) is 0 Å². The van der Waals surface area contributed by atoms with E-state index in [9.17, 15) is 4.79 Å². The molecule has 5 nitrogen and oxygen atoms in total. The van der Waals surface area contributed by atoms with Gasteiger partial charge in [-0.1, -0.05) is 24.3 Å². The van der Waals surface area contributed by atoms with E-state index in [0.29, 0.717) is 11.4 Å². The number of furan rings is 1. The van der Waals surface area contributed by atoms with Crippen molar-refractivity contribution >= 4 is 33.1 Å². The van der Waals surface area contributed by atoms with Crippen LogP contribution in [0, 0.1) is 13.8 Å². The predicted octanol–water partition coefficient (Wildman–Crippen LogP) is 7.00. The van der Waals surface area contributed by atoms with Gasteiger partial charge in [0.1, 0.15) is 23.1 Å². The average Bonchev–Trinajstić information content (AvgIpc) is 3.46. The number of carbonyl (C=O) groups excluding carboxylic acids is 1. The lowest BCUT2D eigenvalue weighted by atomic mass is 10.2. The number of para-hydroxylation sites is 1. The molecule has 0 saturated heterocycles. The van der Waals surface area contributed by atoms with Gasteiger partial charge < -0.3 is 14.5 Å². The summed E-state index contributed by atoms with van der Waals surface area (Å²) in [7, 11) is 0. The average molecular weight is 455 g/mol. The minimum atomic E-state index is -0.305. The number of anilines is 1. The molecule has 1 N–H and O–H groups in total. The van der Waals surface area contributed by atoms with Crippen molar-refractivity contribution in [3.63, 3.8) is 0 Å². The van der Waals surface area contributed by atoms with Crippen LogP contribution in [0.25, 0.3) is 20.8 Å². The maximum atomic E-state index is 12.6. The fraction of sp³-hybridized carbons (Fsp3) is 0.111. The molecule has 0 spiro atoms. The van der Waals surface area contributed by atoms with E-state index in [-0.39, 0.29) is 18.3 Å². The highest BCUT2D eigenvalue weighted by molar-refractivity contribution is 7.21. The molecule has 1 amide bonds. The van der Waals surface area contributed by atoms with Crippen molar-refractivity contribution in [2.24, 2.45) is 0 Å². The van der Waals surface area contributed by atoms with Crippen LogP contribution in [0.15, 0.2) is 83.3 Å². The maximum absolute atomic E-state index is 12.6. The second kappa shape index (κ2) is 8.92. The van der Waals surface area contributed by atoms with E-state index in [0.717, 1.165) is 27.4 Å². The fourth-order valence-corrected chi connectivity index (χ4v) is 4.56. The first kappa shape index (κ1) is 21.0. The Bertz CT molecular complexity index is 1430. The van der Waals surface area contributed by atoms with Crippen LogP contribution in [0.2, 0.25) is 0 Å². The number of hydrogen-bond donors (Lipinski definition) is 1. The number of carbonyl (C=O) groups is 1. The van der Waals surface area contributed by atoms with Crippen LogP contribution >= 0.6 is 11.3 Å². The van der Waals surface area contributed by atoms with Gasteiger partial charge in [-0.3, -0.25) is 4.79 Å². The zero-order chi connectivity index (χ0) is 22.8. The molecule has 0 aliphatic rings. The van der Waals surface area contributed by atoms with E-state index >= 15 is 0 Å². The molecule has 0 unspecified atom stereocenters. The molecule has 3 aromatic carbocycles. The van der Waals surface area contributed by atoms with E-state index < -0.39 is 0 Å². The van der Waals surface area contributed by atoms with Crippen molar-refractivity contribution in [3.8, 4) is 16.3 Å². The minimum absolute atomic E-state index is 0.240. The normalized spacial score (nSPS) is 11.0. The Hall–Kier alpha value is -3.90. The van der Waals surface area contributed by atoms with E-state index in [2.05, 4.69) is 24.4 Å². The Morgan fingerprint density at radius 1 is 1.00 bits per heavy atom. The minimum Gasteiger partial charge on any atom is -0.485 e. The number of nitrogens with one attached hydrogen (secondary N) is 1. The molecule has 33 heavy (non-hydrogen) atoms. The summed E-state index contributed by atoms with van der Waals surface area (Å²) in [6, 6.07) is 25.1. The van der Waals surface area contributed by atoms with Gasteiger partial charge in [0.05, 0.1) is 10.2 Å². The van der Waals surface area contributed by atoms with Gasteiger partial charge in [0, 0.05) is 11.3 Å². The summed E-state index contributed by atoms with van der Waals surface area (Å²) < 4.78 is 12.6. The first-order valence-electron chi connectivity index (χ1n) is 10.6. The lowest BCUT2D eigenvalue weighted by Gasteiger charge is -2.07. The molecule has 0 saturated carbocycles. The SMILES string of the molecule is Cc1ccc2nc(-c3ccc(NC(=O)c4ccc(COc5ccccc5C)o4)cc3)sc2c1. The summed E-state index contributed by atoms with van der Waals surface area (Å²) >= 11 is 1.66. The summed E-state index contributed by atoms with van der Waals surface area (Å²) in [5.41, 5.74) is 4.97. The van der Waals surface area contributed by atoms with Crippen LogP contribution < -0.4 is 10.1 Å². The van der Waals surface area contributed by atoms with Crippen molar-refractivity contribution in [1.29, 1.82) is 0 Å². The zero-order valence-corrected chi connectivity index (χ0v) is 19.1. The number of hydrogen-bond acceptors (Lipinski definition) is 5. The van der Waals surface area contributed by atoms with E-state index in [1.807, 2.05) is 61.5 Å². The topological polar surface area (TPSA) is 64.4 Å². The number of benzene rings is 3. The summed E-state index contributed by atoms with van der Waals surface area (Å²) in [6.45, 7) is 4.32. The number of nitrogens with zero attached hydrogens (tertiary/aromatic N) is 1. The third-order valence-corrected chi connectivity index (χ3v) is 6.35. The lowest BCUT2D eigenvalue weighted by Crippen LogP contribution is -2.10. The van der Waals surface area contributed by atoms with E-state index in [4.69, 9.17) is 14.1 Å². The number of aromatic nitrogens is 1. The third kappa shape index (κ3) is 4.66. The second-order valence-corrected chi connectivity index (χ2v) is 8.87. The van der Waals surface area contributed by atoms with Gasteiger partial charge in [0.15, 0.2) is 5.76 Å². The molecule has 5 aromatic rings. The highest BCUT2D eigenvalue weighted by atomic mass is 32.1. The Morgan fingerprint density at radius 3 is 2.64 bits per heavy atom. The monoisotopic (exact) mass is 454 g/mol. The molecule has 0 fully saturated rings. The molecule has 6 heteroatoms. The standard InChI is InChI=1S/C27H22N2O3S/c1-17-7-13-22-25(15-17)33-27(29-22)19-8-10-20(11-9-19)28-26(30)24-14-12-21(32-24)16-31-23-6-4-3-5-18(23)2/h3-15H,16H2,1-2H3,(H,28,30). The summed E-state index contributed by atoms with van der Waals surface area (Å²) in [4.78, 5) is 17.3. The molecule has 2 heterocycles. The van der Waals surface area contributed by atoms with Gasteiger partial charge in [-0.25, -0.2) is 4.98 Å². The number of amides is 1. The second-order valence-electron chi connectivity index (χ2n) is 7.84. The summed E-state index contributed by atoms with van der Waals surface area (Å²) in [5.74, 6) is 1.32. The van der Waals surface area contributed by atoms with E-state index in [1.54, 1.807) is 23.5 Å². The molecule has 0 aliphatic heterocycles. The van der Waals surface area contributed by atoms with Crippen LogP contribution in [0.5, 0.6) is 5.75 Å². The third-order valence-electron chi connectivity index (χ3n) is 5.28. The van der Waals surface area contributed by atoms with Crippen molar-refractivity contribution in [2.45, 2.75) is 20.5 Å². The molecular weight excluding hydrogens is 432 g/mol. The van der Waals surface area contributed by atoms with Crippen molar-refractivity contribution in [2.75, 3.05) is 5.32 Å². The van der Waals surface area contributed by atoms with Crippen molar-refractivity contribution < 1.29 is 13.9 Å². The highest BCUT2D eigenvalue weighted by Crippen LogP contribution is 2.31. The van der Waals surface area contributed by atoms with Gasteiger partial charge in [-0.2, -0.15) is 0 Å². The van der Waals surface area contributed by atoms with E-state index in [1.165, 1.54) is 10.3 Å². The van der Waals surface area contributed by atoms with Gasteiger partial charge in [-0.05, 0) is 79.6 Å². The van der Waals surface area contributed by atoms with Crippen LogP contribution in [0.1, 0.15) is 27.4 Å². The molecule has 164 valence electrons. The number of ether oxygens (including phenoxy) is 1. The zero-order valence-electron chi connectivity index (χ0n) is 18.3. The van der Waals surface area contributed by atoms with Gasteiger partial charge in [0.25, 0.3) is 5.91 Å². The molecule has 0 radical (unpaired) electrons. The van der Waals surface area contributed by atoms with Crippen molar-refractivity contribution in [3.05, 3.63) is 102 Å². The molecule has 0 atom stereocenters. The Kier molecular flexibility index (Phi) is 5.67. The molecule has 0 bridgehead atoms. The number of fused-ring (bicyclic) bond motifs is 1. The summed E-state index contributed by atoms with van der Waals surface area (Å²) in [5, 5.41) is 3.83. The van der Waals surface area contributed by atoms with Crippen LogP contribution in [-0.2, 0) is 6.61 Å². The molecule has 0 aliphatic carbocycles. The smallest absolute Gasteiger partial charge is 0.291 e. The lowest BCUT2D eigenvalue weighted by molar-refractivity contribution is 0.0992. The van der Waals surface area contributed by atoms with Crippen molar-refractivity contribution in [1.82, 2.24) is 4.98 Å². The maximum Gasteiger partial charge on any atom is 0.291 e. The predicted molar refractivity (Wildman–Crippen MR) is 132 cm³/mol. The number of aryl methyl sites for hydroxylation is 2. The Labute approximate surface area is 195 Å². The molecule has 2 aromatic heterocycles. The fourth-order valence-electron chi connectivity index (χ4n) is 3.49. The largest absolute Gasteiger partial charge is 0.485 e. The van der Waals surface area contributed by atoms with Crippen LogP contribution in [-0.4, -0.2) is 10.9 Å². The molecular formula is C27H22N2O3S.